The Labute approximate surface area is 180 Å². The summed E-state index contributed by atoms with van der Waals surface area (Å²) in [6.07, 6.45) is 4.41. The number of fused-ring (bicyclic) bond motifs is 1. The van der Waals surface area contributed by atoms with E-state index in [-0.39, 0.29) is 16.7 Å². The van der Waals surface area contributed by atoms with Crippen molar-refractivity contribution < 1.29 is 24.8 Å². The average Bonchev–Trinajstić information content (AvgIpc) is 2.71. The van der Waals surface area contributed by atoms with Crippen LogP contribution in [-0.4, -0.2) is 20.4 Å². The molecule has 0 amide bonds. The molecule has 0 spiro atoms. The maximum Gasteiger partial charge on any atom is 0.235 e. The van der Waals surface area contributed by atoms with E-state index in [1.807, 2.05) is 12.1 Å². The highest BCUT2D eigenvalue weighted by Crippen LogP contribution is 2.53. The molecule has 0 radical (unpaired) electrons. The molecule has 1 aliphatic rings. The van der Waals surface area contributed by atoms with Crippen LogP contribution in [0.15, 0.2) is 39.5 Å². The molecule has 1 fully saturated rings. The molecule has 2 aromatic carbocycles. The number of benzene rings is 2. The number of aromatic hydroxyl groups is 4. The highest BCUT2D eigenvalue weighted by molar-refractivity contribution is 5.83. The van der Waals surface area contributed by atoms with Crippen molar-refractivity contribution in [3.63, 3.8) is 0 Å². The normalized spacial score (nSPS) is 20.8. The summed E-state index contributed by atoms with van der Waals surface area (Å²) in [5.41, 5.74) is 1.17. The van der Waals surface area contributed by atoms with Crippen LogP contribution in [0.4, 0.5) is 0 Å². The summed E-state index contributed by atoms with van der Waals surface area (Å²) < 4.78 is 5.83. The minimum atomic E-state index is -0.683. The van der Waals surface area contributed by atoms with E-state index in [4.69, 9.17) is 4.42 Å². The zero-order chi connectivity index (χ0) is 22.5. The lowest BCUT2D eigenvalue weighted by atomic mass is 9.55. The van der Waals surface area contributed by atoms with Crippen molar-refractivity contribution in [1.29, 1.82) is 0 Å². The van der Waals surface area contributed by atoms with E-state index < -0.39 is 28.4 Å². The van der Waals surface area contributed by atoms with Gasteiger partial charge in [-0.15, -0.1) is 0 Å². The molecule has 4 rings (SSSR count). The molecule has 3 aromatic rings. The Morgan fingerprint density at radius 3 is 2.32 bits per heavy atom. The van der Waals surface area contributed by atoms with Crippen LogP contribution in [0.25, 0.3) is 22.3 Å². The molecule has 2 atom stereocenters. The molecule has 2 unspecified atom stereocenters. The Kier molecular flexibility index (Phi) is 5.12. The van der Waals surface area contributed by atoms with Gasteiger partial charge in [-0.05, 0) is 72.8 Å². The smallest absolute Gasteiger partial charge is 0.235 e. The van der Waals surface area contributed by atoms with Crippen molar-refractivity contribution in [2.24, 2.45) is 17.3 Å². The summed E-state index contributed by atoms with van der Waals surface area (Å²) in [7, 11) is 0. The lowest BCUT2D eigenvalue weighted by Gasteiger charge is -2.50. The second-order valence-corrected chi connectivity index (χ2v) is 9.35. The van der Waals surface area contributed by atoms with Gasteiger partial charge in [-0.2, -0.15) is 0 Å². The molecule has 0 saturated heterocycles. The number of rotatable bonds is 5. The number of phenolic OH excluding ortho intramolecular Hbond substituents is 3. The van der Waals surface area contributed by atoms with Gasteiger partial charge in [-0.25, -0.2) is 0 Å². The molecule has 1 aliphatic carbocycles. The largest absolute Gasteiger partial charge is 0.504 e. The van der Waals surface area contributed by atoms with E-state index in [1.165, 1.54) is 12.8 Å². The van der Waals surface area contributed by atoms with Gasteiger partial charge in [0.2, 0.25) is 11.2 Å². The molecule has 0 bridgehead atoms. The third-order valence-corrected chi connectivity index (χ3v) is 6.98. The minimum absolute atomic E-state index is 0.0801. The van der Waals surface area contributed by atoms with Gasteiger partial charge in [0.25, 0.3) is 0 Å². The van der Waals surface area contributed by atoms with Crippen LogP contribution in [0.1, 0.15) is 45.6 Å². The molecule has 164 valence electrons. The zero-order valence-electron chi connectivity index (χ0n) is 18.0. The Bertz CT molecular complexity index is 1190. The zero-order valence-corrected chi connectivity index (χ0v) is 18.0. The first-order chi connectivity index (χ1) is 14.6. The fraction of sp³-hybridized carbons (Fsp3) is 0.400. The molecule has 4 N–H and O–H groups in total. The molecular formula is C25H28O6. The standard InChI is InChI=1S/C25H28O6/c1-13(2)17-7-9-25(17,3)8-6-14-4-5-16-20(10-14)31-24(23(30)21(16)28)15-11-18(26)22(29)19(27)12-15/h4-5,10-13,17,26-27,29-30H,6-9H2,1-3H3. The van der Waals surface area contributed by atoms with Crippen molar-refractivity contribution in [2.75, 3.05) is 0 Å². The quantitative estimate of drug-likeness (QED) is 0.414. The molecular weight excluding hydrogens is 396 g/mol. The number of aryl methyl sites for hydroxylation is 1. The third kappa shape index (κ3) is 3.60. The van der Waals surface area contributed by atoms with E-state index in [0.717, 1.165) is 36.5 Å². The Morgan fingerprint density at radius 1 is 1.06 bits per heavy atom. The highest BCUT2D eigenvalue weighted by Gasteiger charge is 2.43. The number of hydrogen-bond donors (Lipinski definition) is 4. The lowest BCUT2D eigenvalue weighted by molar-refractivity contribution is 0.00614. The topological polar surface area (TPSA) is 111 Å². The van der Waals surface area contributed by atoms with Crippen molar-refractivity contribution in [3.05, 3.63) is 46.1 Å². The maximum absolute atomic E-state index is 12.7. The van der Waals surface area contributed by atoms with Crippen LogP contribution in [-0.2, 0) is 6.42 Å². The summed E-state index contributed by atoms with van der Waals surface area (Å²) >= 11 is 0. The average molecular weight is 424 g/mol. The van der Waals surface area contributed by atoms with Crippen LogP contribution in [0.2, 0.25) is 0 Å². The van der Waals surface area contributed by atoms with Gasteiger partial charge in [0.05, 0.1) is 5.39 Å². The van der Waals surface area contributed by atoms with E-state index in [2.05, 4.69) is 20.8 Å². The predicted octanol–water partition coefficient (Wildman–Crippen LogP) is 5.29. The van der Waals surface area contributed by atoms with E-state index >= 15 is 0 Å². The van der Waals surface area contributed by atoms with Crippen molar-refractivity contribution in [1.82, 2.24) is 0 Å². The lowest BCUT2D eigenvalue weighted by Crippen LogP contribution is -2.40. The third-order valence-electron chi connectivity index (χ3n) is 6.98. The number of hydrogen-bond acceptors (Lipinski definition) is 6. The second kappa shape index (κ2) is 7.52. The minimum Gasteiger partial charge on any atom is -0.504 e. The van der Waals surface area contributed by atoms with Gasteiger partial charge in [0.1, 0.15) is 5.58 Å². The van der Waals surface area contributed by atoms with Gasteiger partial charge >= 0.3 is 0 Å². The summed E-state index contributed by atoms with van der Waals surface area (Å²) in [4.78, 5) is 12.7. The van der Waals surface area contributed by atoms with E-state index in [0.29, 0.717) is 16.9 Å². The van der Waals surface area contributed by atoms with Crippen molar-refractivity contribution >= 4 is 11.0 Å². The molecule has 1 aromatic heterocycles. The van der Waals surface area contributed by atoms with Crippen LogP contribution < -0.4 is 5.43 Å². The van der Waals surface area contributed by atoms with Gasteiger partial charge in [-0.1, -0.05) is 26.8 Å². The summed E-state index contributed by atoms with van der Waals surface area (Å²) in [5, 5.41) is 39.7. The van der Waals surface area contributed by atoms with Gasteiger partial charge in [-0.3, -0.25) is 4.79 Å². The van der Waals surface area contributed by atoms with Gasteiger partial charge < -0.3 is 24.8 Å². The van der Waals surface area contributed by atoms with Gasteiger partial charge in [0.15, 0.2) is 23.0 Å². The molecule has 1 saturated carbocycles. The van der Waals surface area contributed by atoms with Crippen LogP contribution in [0.3, 0.4) is 0 Å². The van der Waals surface area contributed by atoms with E-state index in [1.54, 1.807) is 6.07 Å². The Balaban J connectivity index is 1.70. The molecule has 1 heterocycles. The van der Waals surface area contributed by atoms with E-state index in [9.17, 15) is 25.2 Å². The summed E-state index contributed by atoms with van der Waals surface area (Å²) in [6, 6.07) is 7.60. The maximum atomic E-state index is 12.7. The first-order valence-corrected chi connectivity index (χ1v) is 10.6. The monoisotopic (exact) mass is 424 g/mol. The Morgan fingerprint density at radius 2 is 1.74 bits per heavy atom. The SMILES string of the molecule is CC(C)C1CCC1(C)CCc1ccc2c(=O)c(O)c(-c3cc(O)c(O)c(O)c3)oc2c1. The first kappa shape index (κ1) is 21.1. The highest BCUT2D eigenvalue weighted by atomic mass is 16.4. The van der Waals surface area contributed by atoms with Crippen LogP contribution >= 0.6 is 0 Å². The molecule has 6 heteroatoms. The molecule has 0 aliphatic heterocycles. The van der Waals surface area contributed by atoms with Gasteiger partial charge in [0, 0.05) is 5.56 Å². The van der Waals surface area contributed by atoms with Crippen LogP contribution in [0.5, 0.6) is 23.0 Å². The molecule has 6 nitrogen and oxygen atoms in total. The van der Waals surface area contributed by atoms with Crippen molar-refractivity contribution in [3.8, 4) is 34.3 Å². The Hall–Kier alpha value is -3.15. The van der Waals surface area contributed by atoms with Crippen molar-refractivity contribution in [2.45, 2.75) is 46.5 Å². The first-order valence-electron chi connectivity index (χ1n) is 10.6. The fourth-order valence-electron chi connectivity index (χ4n) is 5.00. The summed E-state index contributed by atoms with van der Waals surface area (Å²) in [5.74, 6) is -1.25. The number of phenols is 3. The van der Waals surface area contributed by atoms with Crippen LogP contribution in [0, 0.1) is 17.3 Å². The predicted molar refractivity (Wildman–Crippen MR) is 119 cm³/mol. The second-order valence-electron chi connectivity index (χ2n) is 9.35. The summed E-state index contributed by atoms with van der Waals surface area (Å²) in [6.45, 7) is 6.90. The molecule has 31 heavy (non-hydrogen) atoms. The fourth-order valence-corrected chi connectivity index (χ4v) is 5.00.